The van der Waals surface area contributed by atoms with Gasteiger partial charge in [0.1, 0.15) is 0 Å². The number of carbonyl (C=O) groups is 2. The standard InChI is InChI=1S/C22H31N3O2S/c1-6-11-25(21(26)14-19-8-7-12-28-19)15-17-13-18(23-22(27)16(2)3)9-10-20(17)24(4)5/h7-10,12-13,16H,6,11,14-15H2,1-5H3,(H,23,27). The van der Waals surface area contributed by atoms with E-state index < -0.39 is 0 Å². The maximum Gasteiger partial charge on any atom is 0.228 e. The summed E-state index contributed by atoms with van der Waals surface area (Å²) >= 11 is 1.61. The van der Waals surface area contributed by atoms with Crippen molar-refractivity contribution in [1.29, 1.82) is 0 Å². The Hall–Kier alpha value is -2.34. The van der Waals surface area contributed by atoms with Crippen LogP contribution in [-0.2, 0) is 22.6 Å². The van der Waals surface area contributed by atoms with Crippen molar-refractivity contribution in [1.82, 2.24) is 4.90 Å². The average molecular weight is 402 g/mol. The largest absolute Gasteiger partial charge is 0.377 e. The van der Waals surface area contributed by atoms with E-state index >= 15 is 0 Å². The van der Waals surface area contributed by atoms with Crippen LogP contribution in [0.4, 0.5) is 11.4 Å². The number of nitrogens with zero attached hydrogens (tertiary/aromatic N) is 2. The van der Waals surface area contributed by atoms with Crippen molar-refractivity contribution in [3.05, 3.63) is 46.2 Å². The number of hydrogen-bond acceptors (Lipinski definition) is 4. The molecule has 0 saturated heterocycles. The number of carbonyl (C=O) groups excluding carboxylic acids is 2. The Bertz CT molecular complexity index is 785. The average Bonchev–Trinajstić information content (AvgIpc) is 3.14. The van der Waals surface area contributed by atoms with Gasteiger partial charge in [0.2, 0.25) is 11.8 Å². The quantitative estimate of drug-likeness (QED) is 0.678. The van der Waals surface area contributed by atoms with Gasteiger partial charge < -0.3 is 15.1 Å². The van der Waals surface area contributed by atoms with Gasteiger partial charge in [-0.2, -0.15) is 0 Å². The third kappa shape index (κ3) is 6.09. The molecule has 0 unspecified atom stereocenters. The molecular formula is C22H31N3O2S. The summed E-state index contributed by atoms with van der Waals surface area (Å²) in [5, 5.41) is 4.96. The van der Waals surface area contributed by atoms with E-state index in [1.54, 1.807) is 11.3 Å². The Morgan fingerprint density at radius 3 is 2.50 bits per heavy atom. The van der Waals surface area contributed by atoms with Crippen LogP contribution in [0.15, 0.2) is 35.7 Å². The number of amides is 2. The fourth-order valence-electron chi connectivity index (χ4n) is 2.95. The first kappa shape index (κ1) is 22.0. The number of rotatable bonds is 9. The zero-order valence-corrected chi connectivity index (χ0v) is 18.3. The molecule has 1 aromatic carbocycles. The topological polar surface area (TPSA) is 52.7 Å². The molecule has 0 aliphatic heterocycles. The third-order valence-corrected chi connectivity index (χ3v) is 5.34. The first-order chi connectivity index (χ1) is 13.3. The van der Waals surface area contributed by atoms with E-state index in [9.17, 15) is 9.59 Å². The normalized spacial score (nSPS) is 10.8. The van der Waals surface area contributed by atoms with E-state index in [4.69, 9.17) is 0 Å². The molecule has 2 amide bonds. The SMILES string of the molecule is CCCN(Cc1cc(NC(=O)C(C)C)ccc1N(C)C)C(=O)Cc1cccs1. The van der Waals surface area contributed by atoms with Gasteiger partial charge in [-0.05, 0) is 41.6 Å². The zero-order chi connectivity index (χ0) is 20.7. The summed E-state index contributed by atoms with van der Waals surface area (Å²) in [6.45, 7) is 7.06. The Labute approximate surface area is 172 Å². The zero-order valence-electron chi connectivity index (χ0n) is 17.5. The Morgan fingerprint density at radius 2 is 1.93 bits per heavy atom. The molecule has 1 N–H and O–H groups in total. The summed E-state index contributed by atoms with van der Waals surface area (Å²) in [6, 6.07) is 9.87. The van der Waals surface area contributed by atoms with E-state index in [2.05, 4.69) is 12.2 Å². The van der Waals surface area contributed by atoms with E-state index in [0.29, 0.717) is 19.5 Å². The minimum Gasteiger partial charge on any atom is -0.377 e. The summed E-state index contributed by atoms with van der Waals surface area (Å²) < 4.78 is 0. The number of hydrogen-bond donors (Lipinski definition) is 1. The molecule has 152 valence electrons. The van der Waals surface area contributed by atoms with Crippen molar-refractivity contribution in [2.45, 2.75) is 40.2 Å². The second-order valence-electron chi connectivity index (χ2n) is 7.45. The summed E-state index contributed by atoms with van der Waals surface area (Å²) in [5.74, 6) is 0.0364. The molecule has 0 radical (unpaired) electrons. The highest BCUT2D eigenvalue weighted by Gasteiger charge is 2.18. The van der Waals surface area contributed by atoms with E-state index in [-0.39, 0.29) is 17.7 Å². The molecule has 0 aliphatic rings. The first-order valence-electron chi connectivity index (χ1n) is 9.73. The predicted octanol–water partition coefficient (Wildman–Crippen LogP) is 4.39. The Morgan fingerprint density at radius 1 is 1.18 bits per heavy atom. The van der Waals surface area contributed by atoms with Crippen molar-refractivity contribution in [2.75, 3.05) is 30.9 Å². The van der Waals surface area contributed by atoms with Crippen molar-refractivity contribution in [3.8, 4) is 0 Å². The molecular weight excluding hydrogens is 370 g/mol. The van der Waals surface area contributed by atoms with Crippen LogP contribution < -0.4 is 10.2 Å². The summed E-state index contributed by atoms with van der Waals surface area (Å²) in [4.78, 5) is 30.0. The second kappa shape index (κ2) is 10.3. The number of benzene rings is 1. The Balaban J connectivity index is 2.25. The summed E-state index contributed by atoms with van der Waals surface area (Å²) in [6.07, 6.45) is 1.33. The van der Waals surface area contributed by atoms with Gasteiger partial charge in [-0.15, -0.1) is 11.3 Å². The fraction of sp³-hybridized carbons (Fsp3) is 0.455. The lowest BCUT2D eigenvalue weighted by molar-refractivity contribution is -0.131. The smallest absolute Gasteiger partial charge is 0.228 e. The van der Waals surface area contributed by atoms with Crippen LogP contribution in [0, 0.1) is 5.92 Å². The van der Waals surface area contributed by atoms with Crippen LogP contribution in [0.5, 0.6) is 0 Å². The van der Waals surface area contributed by atoms with Crippen LogP contribution in [0.2, 0.25) is 0 Å². The van der Waals surface area contributed by atoms with E-state index in [0.717, 1.165) is 28.2 Å². The molecule has 0 saturated carbocycles. The maximum absolute atomic E-state index is 12.9. The molecule has 2 rings (SSSR count). The van der Waals surface area contributed by atoms with Crippen LogP contribution in [0.25, 0.3) is 0 Å². The molecule has 0 bridgehead atoms. The molecule has 0 aliphatic carbocycles. The first-order valence-corrected chi connectivity index (χ1v) is 10.6. The summed E-state index contributed by atoms with van der Waals surface area (Å²) in [7, 11) is 3.98. The molecule has 0 fully saturated rings. The van der Waals surface area contributed by atoms with Crippen molar-refractivity contribution in [3.63, 3.8) is 0 Å². The van der Waals surface area contributed by atoms with Gasteiger partial charge in [0, 0.05) is 49.4 Å². The van der Waals surface area contributed by atoms with Crippen molar-refractivity contribution >= 4 is 34.5 Å². The number of nitrogens with one attached hydrogen (secondary N) is 1. The minimum atomic E-state index is -0.0825. The second-order valence-corrected chi connectivity index (χ2v) is 8.49. The molecule has 1 heterocycles. The van der Waals surface area contributed by atoms with Crippen molar-refractivity contribution < 1.29 is 9.59 Å². The van der Waals surface area contributed by atoms with Gasteiger partial charge in [-0.1, -0.05) is 26.8 Å². The van der Waals surface area contributed by atoms with Crippen molar-refractivity contribution in [2.24, 2.45) is 5.92 Å². The molecule has 28 heavy (non-hydrogen) atoms. The van der Waals surface area contributed by atoms with Crippen LogP contribution in [0.1, 0.15) is 37.6 Å². The fourth-order valence-corrected chi connectivity index (χ4v) is 3.65. The van der Waals surface area contributed by atoms with Gasteiger partial charge in [-0.3, -0.25) is 9.59 Å². The van der Waals surface area contributed by atoms with E-state index in [1.807, 2.05) is 73.5 Å². The highest BCUT2D eigenvalue weighted by molar-refractivity contribution is 7.10. The molecule has 0 spiro atoms. The third-order valence-electron chi connectivity index (χ3n) is 4.47. The molecule has 1 aromatic heterocycles. The Kier molecular flexibility index (Phi) is 8.05. The van der Waals surface area contributed by atoms with Gasteiger partial charge in [-0.25, -0.2) is 0 Å². The molecule has 5 nitrogen and oxygen atoms in total. The predicted molar refractivity (Wildman–Crippen MR) is 118 cm³/mol. The monoisotopic (exact) mass is 401 g/mol. The van der Waals surface area contributed by atoms with Gasteiger partial charge in [0.15, 0.2) is 0 Å². The van der Waals surface area contributed by atoms with E-state index in [1.165, 1.54) is 0 Å². The number of anilines is 2. The summed E-state index contributed by atoms with van der Waals surface area (Å²) in [5.41, 5.74) is 2.84. The van der Waals surface area contributed by atoms with Crippen LogP contribution in [-0.4, -0.2) is 37.4 Å². The molecule has 2 aromatic rings. The lowest BCUT2D eigenvalue weighted by atomic mass is 10.1. The van der Waals surface area contributed by atoms with Gasteiger partial charge in [0.25, 0.3) is 0 Å². The minimum absolute atomic E-state index is 0.0114. The lowest BCUT2D eigenvalue weighted by Crippen LogP contribution is -2.33. The maximum atomic E-state index is 12.9. The lowest BCUT2D eigenvalue weighted by Gasteiger charge is -2.26. The number of thiophene rings is 1. The molecule has 6 heteroatoms. The van der Waals surface area contributed by atoms with Gasteiger partial charge in [0.05, 0.1) is 6.42 Å². The highest BCUT2D eigenvalue weighted by atomic mass is 32.1. The molecule has 0 atom stereocenters. The highest BCUT2D eigenvalue weighted by Crippen LogP contribution is 2.25. The van der Waals surface area contributed by atoms with Gasteiger partial charge >= 0.3 is 0 Å². The van der Waals surface area contributed by atoms with Crippen LogP contribution >= 0.6 is 11.3 Å². The van der Waals surface area contributed by atoms with Crippen LogP contribution in [0.3, 0.4) is 0 Å².